The molecule has 4 rings (SSSR count). The van der Waals surface area contributed by atoms with Gasteiger partial charge in [-0.3, -0.25) is 14.3 Å². The first-order chi connectivity index (χ1) is 11.6. The van der Waals surface area contributed by atoms with Crippen LogP contribution in [-0.2, 0) is 11.8 Å². The minimum absolute atomic E-state index is 0.0552. The van der Waals surface area contributed by atoms with Crippen molar-refractivity contribution >= 4 is 28.8 Å². The summed E-state index contributed by atoms with van der Waals surface area (Å²) in [5, 5.41) is 6.15. The van der Waals surface area contributed by atoms with E-state index in [0.29, 0.717) is 13.0 Å². The van der Waals surface area contributed by atoms with Crippen molar-refractivity contribution < 1.29 is 9.59 Å². The Morgan fingerprint density at radius 1 is 1.33 bits per heavy atom. The largest absolute Gasteiger partial charge is 0.333 e. The second-order valence-electron chi connectivity index (χ2n) is 6.53. The van der Waals surface area contributed by atoms with E-state index in [1.165, 1.54) is 11.3 Å². The molecular weight excluding hydrogens is 324 g/mol. The lowest BCUT2D eigenvalue weighted by Crippen LogP contribution is -2.53. The van der Waals surface area contributed by atoms with Crippen LogP contribution in [0.4, 0.5) is 5.69 Å². The molecule has 0 N–H and O–H groups in total. The summed E-state index contributed by atoms with van der Waals surface area (Å²) in [6.45, 7) is 2.68. The minimum Gasteiger partial charge on any atom is -0.333 e. The van der Waals surface area contributed by atoms with Gasteiger partial charge in [0, 0.05) is 26.2 Å². The number of likely N-dealkylation sites (tertiary alicyclic amines) is 1. The van der Waals surface area contributed by atoms with Gasteiger partial charge in [0.2, 0.25) is 5.91 Å². The second kappa shape index (κ2) is 5.73. The number of amides is 2. The van der Waals surface area contributed by atoms with Gasteiger partial charge >= 0.3 is 0 Å². The third kappa shape index (κ3) is 2.34. The van der Waals surface area contributed by atoms with Crippen LogP contribution in [0.15, 0.2) is 23.8 Å². The van der Waals surface area contributed by atoms with Gasteiger partial charge in [-0.05, 0) is 36.8 Å². The molecule has 0 aliphatic carbocycles. The van der Waals surface area contributed by atoms with Gasteiger partial charge in [0.05, 0.1) is 28.8 Å². The summed E-state index contributed by atoms with van der Waals surface area (Å²) in [6.07, 6.45) is 5.64. The van der Waals surface area contributed by atoms with E-state index in [2.05, 4.69) is 5.10 Å². The lowest BCUT2D eigenvalue weighted by Gasteiger charge is -2.39. The molecule has 0 unspecified atom stereocenters. The van der Waals surface area contributed by atoms with Crippen molar-refractivity contribution in [3.63, 3.8) is 0 Å². The molecule has 0 spiro atoms. The highest BCUT2D eigenvalue weighted by Crippen LogP contribution is 2.36. The first kappa shape index (κ1) is 15.4. The highest BCUT2D eigenvalue weighted by atomic mass is 32.1. The van der Waals surface area contributed by atoms with Gasteiger partial charge in [0.15, 0.2) is 0 Å². The van der Waals surface area contributed by atoms with Crippen molar-refractivity contribution in [2.24, 2.45) is 7.05 Å². The van der Waals surface area contributed by atoms with E-state index >= 15 is 0 Å². The van der Waals surface area contributed by atoms with E-state index in [1.807, 2.05) is 41.4 Å². The third-order valence-corrected chi connectivity index (χ3v) is 6.06. The first-order valence-electron chi connectivity index (χ1n) is 8.22. The van der Waals surface area contributed by atoms with Gasteiger partial charge in [0.1, 0.15) is 0 Å². The molecule has 6 nitrogen and oxygen atoms in total. The van der Waals surface area contributed by atoms with Gasteiger partial charge in [-0.15, -0.1) is 11.3 Å². The van der Waals surface area contributed by atoms with E-state index in [-0.39, 0.29) is 23.9 Å². The van der Waals surface area contributed by atoms with Crippen LogP contribution in [0.5, 0.6) is 0 Å². The summed E-state index contributed by atoms with van der Waals surface area (Å²) in [4.78, 5) is 30.1. The number of rotatable bonds is 2. The Balaban J connectivity index is 1.62. The lowest BCUT2D eigenvalue weighted by atomic mass is 9.95. The topological polar surface area (TPSA) is 58.4 Å². The molecule has 0 aromatic carbocycles. The fourth-order valence-corrected chi connectivity index (χ4v) is 4.79. The molecule has 2 aliphatic rings. The Hall–Kier alpha value is -2.15. The van der Waals surface area contributed by atoms with Gasteiger partial charge in [-0.2, -0.15) is 5.10 Å². The predicted octanol–water partition coefficient (Wildman–Crippen LogP) is 2.20. The Bertz CT molecular complexity index is 796. The second-order valence-corrected chi connectivity index (χ2v) is 7.45. The van der Waals surface area contributed by atoms with Crippen LogP contribution in [0.25, 0.3) is 0 Å². The normalized spacial score (nSPS) is 23.7. The number of thiophene rings is 1. The Morgan fingerprint density at radius 2 is 2.17 bits per heavy atom. The number of carbonyl (C=O) groups excluding carboxylic acids is 2. The van der Waals surface area contributed by atoms with E-state index in [0.717, 1.165) is 29.0 Å². The molecule has 0 radical (unpaired) electrons. The molecule has 0 bridgehead atoms. The standard InChI is InChI=1S/C17H20N4O2S/c1-11-6-8-24-16(11)17(23)20-7-5-14-13(20)3-4-15(22)21(14)12-9-18-19(2)10-12/h6,8-10,13-14H,3-5,7H2,1-2H3/t13-,14-/m0/s1. The van der Waals surface area contributed by atoms with Crippen LogP contribution < -0.4 is 4.90 Å². The SMILES string of the molecule is Cc1ccsc1C(=O)N1CC[C@H]2[C@@H]1CCC(=O)N2c1cnn(C)c1. The molecule has 2 fully saturated rings. The summed E-state index contributed by atoms with van der Waals surface area (Å²) in [7, 11) is 1.85. The number of nitrogens with zero attached hydrogens (tertiary/aromatic N) is 4. The molecule has 126 valence electrons. The van der Waals surface area contributed by atoms with E-state index in [9.17, 15) is 9.59 Å². The summed E-state index contributed by atoms with van der Waals surface area (Å²) in [5.41, 5.74) is 1.86. The molecule has 4 heterocycles. The molecule has 24 heavy (non-hydrogen) atoms. The number of aryl methyl sites for hydroxylation is 2. The Morgan fingerprint density at radius 3 is 2.83 bits per heavy atom. The van der Waals surface area contributed by atoms with Crippen LogP contribution in [0.2, 0.25) is 0 Å². The predicted molar refractivity (Wildman–Crippen MR) is 92.2 cm³/mol. The van der Waals surface area contributed by atoms with Gasteiger partial charge in [-0.1, -0.05) is 0 Å². The summed E-state index contributed by atoms with van der Waals surface area (Å²) in [6, 6.07) is 2.13. The number of hydrogen-bond donors (Lipinski definition) is 0. The van der Waals surface area contributed by atoms with Crippen LogP contribution in [-0.4, -0.2) is 45.1 Å². The van der Waals surface area contributed by atoms with Crippen molar-refractivity contribution in [3.05, 3.63) is 34.3 Å². The highest BCUT2D eigenvalue weighted by molar-refractivity contribution is 7.12. The average molecular weight is 344 g/mol. The molecule has 0 saturated carbocycles. The molecule has 2 saturated heterocycles. The maximum atomic E-state index is 12.9. The number of carbonyl (C=O) groups is 2. The van der Waals surface area contributed by atoms with Gasteiger partial charge in [-0.25, -0.2) is 0 Å². The van der Waals surface area contributed by atoms with Crippen LogP contribution in [0, 0.1) is 6.92 Å². The summed E-state index contributed by atoms with van der Waals surface area (Å²) >= 11 is 1.50. The van der Waals surface area contributed by atoms with E-state index in [1.54, 1.807) is 10.9 Å². The van der Waals surface area contributed by atoms with Crippen molar-refractivity contribution in [1.29, 1.82) is 0 Å². The van der Waals surface area contributed by atoms with Crippen molar-refractivity contribution in [3.8, 4) is 0 Å². The fraction of sp³-hybridized carbons (Fsp3) is 0.471. The van der Waals surface area contributed by atoms with E-state index < -0.39 is 0 Å². The molecule has 2 amide bonds. The summed E-state index contributed by atoms with van der Waals surface area (Å²) < 4.78 is 1.71. The lowest BCUT2D eigenvalue weighted by molar-refractivity contribution is -0.120. The molecular formula is C17H20N4O2S. The molecule has 2 atom stereocenters. The highest BCUT2D eigenvalue weighted by Gasteiger charge is 2.46. The monoisotopic (exact) mass is 344 g/mol. The zero-order valence-electron chi connectivity index (χ0n) is 13.8. The summed E-state index contributed by atoms with van der Waals surface area (Å²) in [5.74, 6) is 0.237. The maximum absolute atomic E-state index is 12.9. The quantitative estimate of drug-likeness (QED) is 0.839. The van der Waals surface area contributed by atoms with Crippen molar-refractivity contribution in [2.45, 2.75) is 38.3 Å². The number of hydrogen-bond acceptors (Lipinski definition) is 4. The van der Waals surface area contributed by atoms with Crippen LogP contribution in [0.1, 0.15) is 34.5 Å². The Kier molecular flexibility index (Phi) is 3.68. The molecule has 7 heteroatoms. The zero-order chi connectivity index (χ0) is 16.8. The number of aromatic nitrogens is 2. The van der Waals surface area contributed by atoms with Crippen molar-refractivity contribution in [1.82, 2.24) is 14.7 Å². The average Bonchev–Trinajstić information content (AvgIpc) is 3.26. The molecule has 2 aliphatic heterocycles. The van der Waals surface area contributed by atoms with Crippen LogP contribution in [0.3, 0.4) is 0 Å². The zero-order valence-corrected chi connectivity index (χ0v) is 14.6. The smallest absolute Gasteiger partial charge is 0.264 e. The van der Waals surface area contributed by atoms with Crippen molar-refractivity contribution in [2.75, 3.05) is 11.4 Å². The van der Waals surface area contributed by atoms with E-state index in [4.69, 9.17) is 0 Å². The molecule has 2 aromatic rings. The number of fused-ring (bicyclic) bond motifs is 1. The Labute approximate surface area is 144 Å². The number of anilines is 1. The van der Waals surface area contributed by atoms with Gasteiger partial charge < -0.3 is 9.80 Å². The fourth-order valence-electron chi connectivity index (χ4n) is 3.91. The van der Waals surface area contributed by atoms with Crippen LogP contribution >= 0.6 is 11.3 Å². The maximum Gasteiger partial charge on any atom is 0.264 e. The molecule has 2 aromatic heterocycles. The van der Waals surface area contributed by atoms with Gasteiger partial charge in [0.25, 0.3) is 5.91 Å². The third-order valence-electron chi connectivity index (χ3n) is 5.05. The first-order valence-corrected chi connectivity index (χ1v) is 9.10. The minimum atomic E-state index is 0.0552. The number of piperidine rings is 1.